The van der Waals surface area contributed by atoms with Crippen LogP contribution in [0.15, 0.2) is 11.4 Å². The second-order valence-corrected chi connectivity index (χ2v) is 4.67. The number of hydrogen-bond donors (Lipinski definition) is 1. The van der Waals surface area contributed by atoms with E-state index in [2.05, 4.69) is 23.7 Å². The SMILES string of the molecule is CNC(c1sccc1C)C1COCCO1. The average Bonchev–Trinajstić information content (AvgIpc) is 2.68. The Morgan fingerprint density at radius 3 is 2.93 bits per heavy atom. The molecule has 1 aliphatic rings. The first-order valence-electron chi connectivity index (χ1n) is 5.23. The first-order valence-corrected chi connectivity index (χ1v) is 6.11. The Kier molecular flexibility index (Phi) is 3.75. The van der Waals surface area contributed by atoms with Crippen LogP contribution < -0.4 is 5.32 Å². The Balaban J connectivity index is 2.12. The van der Waals surface area contributed by atoms with Crippen molar-refractivity contribution in [3.8, 4) is 0 Å². The van der Waals surface area contributed by atoms with E-state index in [1.54, 1.807) is 11.3 Å². The molecule has 2 atom stereocenters. The molecule has 1 fully saturated rings. The van der Waals surface area contributed by atoms with E-state index in [0.717, 1.165) is 6.61 Å². The number of rotatable bonds is 3. The van der Waals surface area contributed by atoms with Gasteiger partial charge in [-0.1, -0.05) is 0 Å². The van der Waals surface area contributed by atoms with E-state index in [-0.39, 0.29) is 12.1 Å². The zero-order chi connectivity index (χ0) is 10.7. The molecule has 2 unspecified atom stereocenters. The van der Waals surface area contributed by atoms with E-state index >= 15 is 0 Å². The lowest BCUT2D eigenvalue weighted by molar-refractivity contribution is -0.101. The second-order valence-electron chi connectivity index (χ2n) is 3.72. The highest BCUT2D eigenvalue weighted by Gasteiger charge is 2.27. The maximum Gasteiger partial charge on any atom is 0.101 e. The van der Waals surface area contributed by atoms with Crippen molar-refractivity contribution in [2.24, 2.45) is 0 Å². The minimum Gasteiger partial charge on any atom is -0.376 e. The van der Waals surface area contributed by atoms with E-state index in [0.29, 0.717) is 13.2 Å². The smallest absolute Gasteiger partial charge is 0.101 e. The van der Waals surface area contributed by atoms with Crippen molar-refractivity contribution in [2.75, 3.05) is 26.9 Å². The van der Waals surface area contributed by atoms with Crippen LogP contribution in [-0.4, -0.2) is 33.0 Å². The van der Waals surface area contributed by atoms with Crippen LogP contribution in [0, 0.1) is 6.92 Å². The van der Waals surface area contributed by atoms with Gasteiger partial charge in [0.2, 0.25) is 0 Å². The van der Waals surface area contributed by atoms with Crippen molar-refractivity contribution in [3.05, 3.63) is 21.9 Å². The maximum atomic E-state index is 5.73. The Morgan fingerprint density at radius 2 is 2.40 bits per heavy atom. The van der Waals surface area contributed by atoms with Gasteiger partial charge >= 0.3 is 0 Å². The van der Waals surface area contributed by atoms with Crippen LogP contribution in [0.2, 0.25) is 0 Å². The Bertz CT molecular complexity index is 307. The van der Waals surface area contributed by atoms with Crippen molar-refractivity contribution < 1.29 is 9.47 Å². The van der Waals surface area contributed by atoms with Gasteiger partial charge in [0.15, 0.2) is 0 Å². The number of nitrogens with one attached hydrogen (secondary N) is 1. The standard InChI is InChI=1S/C11H17NO2S/c1-8-3-6-15-11(8)10(12-2)9-7-13-4-5-14-9/h3,6,9-10,12H,4-5,7H2,1-2H3. The fourth-order valence-corrected chi connectivity index (χ4v) is 2.98. The monoisotopic (exact) mass is 227 g/mol. The van der Waals surface area contributed by atoms with E-state index in [1.807, 2.05) is 7.05 Å². The molecule has 15 heavy (non-hydrogen) atoms. The number of aryl methyl sites for hydroxylation is 1. The number of thiophene rings is 1. The minimum absolute atomic E-state index is 0.140. The highest BCUT2D eigenvalue weighted by atomic mass is 32.1. The van der Waals surface area contributed by atoms with Crippen molar-refractivity contribution >= 4 is 11.3 Å². The summed E-state index contributed by atoms with van der Waals surface area (Å²) in [6, 6.07) is 2.40. The van der Waals surface area contributed by atoms with Crippen LogP contribution in [0.3, 0.4) is 0 Å². The first kappa shape index (κ1) is 11.1. The average molecular weight is 227 g/mol. The normalized spacial score (nSPS) is 24.0. The number of ether oxygens (including phenoxy) is 2. The molecule has 1 aromatic rings. The third-order valence-corrected chi connectivity index (χ3v) is 3.81. The molecule has 2 rings (SSSR count). The summed E-state index contributed by atoms with van der Waals surface area (Å²) in [6.45, 7) is 4.24. The summed E-state index contributed by atoms with van der Waals surface area (Å²) in [4.78, 5) is 1.35. The van der Waals surface area contributed by atoms with Crippen LogP contribution in [0.25, 0.3) is 0 Å². The van der Waals surface area contributed by atoms with Gasteiger partial charge in [-0.3, -0.25) is 0 Å². The maximum absolute atomic E-state index is 5.73. The van der Waals surface area contributed by atoms with Crippen molar-refractivity contribution in [3.63, 3.8) is 0 Å². The number of hydrogen-bond acceptors (Lipinski definition) is 4. The van der Waals surface area contributed by atoms with E-state index < -0.39 is 0 Å². The zero-order valence-corrected chi connectivity index (χ0v) is 9.97. The summed E-state index contributed by atoms with van der Waals surface area (Å²) < 4.78 is 11.2. The second kappa shape index (κ2) is 5.07. The molecule has 0 radical (unpaired) electrons. The summed E-state index contributed by atoms with van der Waals surface area (Å²) >= 11 is 1.78. The third kappa shape index (κ3) is 2.39. The van der Waals surface area contributed by atoms with Crippen LogP contribution in [0.4, 0.5) is 0 Å². The third-order valence-electron chi connectivity index (χ3n) is 2.71. The molecule has 84 valence electrons. The van der Waals surface area contributed by atoms with Gasteiger partial charge in [0.05, 0.1) is 25.9 Å². The lowest BCUT2D eigenvalue weighted by Gasteiger charge is -2.30. The molecule has 2 heterocycles. The molecule has 0 aliphatic carbocycles. The van der Waals surface area contributed by atoms with Gasteiger partial charge in [-0.05, 0) is 31.0 Å². The van der Waals surface area contributed by atoms with Gasteiger partial charge in [0, 0.05) is 4.88 Å². The largest absolute Gasteiger partial charge is 0.376 e. The van der Waals surface area contributed by atoms with Crippen LogP contribution in [-0.2, 0) is 9.47 Å². The van der Waals surface area contributed by atoms with E-state index in [1.165, 1.54) is 10.4 Å². The fourth-order valence-electron chi connectivity index (χ4n) is 1.89. The molecule has 1 saturated heterocycles. The molecule has 0 amide bonds. The van der Waals surface area contributed by atoms with Gasteiger partial charge < -0.3 is 14.8 Å². The van der Waals surface area contributed by atoms with Crippen LogP contribution in [0.1, 0.15) is 16.5 Å². The van der Waals surface area contributed by atoms with Gasteiger partial charge in [0.25, 0.3) is 0 Å². The minimum atomic E-state index is 0.140. The summed E-state index contributed by atoms with van der Waals surface area (Å²) in [6.07, 6.45) is 0.140. The molecule has 1 aromatic heterocycles. The summed E-state index contributed by atoms with van der Waals surface area (Å²) in [7, 11) is 1.97. The van der Waals surface area contributed by atoms with Crippen LogP contribution >= 0.6 is 11.3 Å². The molecule has 0 aromatic carbocycles. The molecule has 1 N–H and O–H groups in total. The lowest BCUT2D eigenvalue weighted by Crippen LogP contribution is -2.39. The summed E-state index contributed by atoms with van der Waals surface area (Å²) in [5.41, 5.74) is 1.33. The molecule has 0 bridgehead atoms. The topological polar surface area (TPSA) is 30.5 Å². The predicted octanol–water partition coefficient (Wildman–Crippen LogP) is 1.73. The quantitative estimate of drug-likeness (QED) is 0.853. The summed E-state index contributed by atoms with van der Waals surface area (Å²) in [5, 5.41) is 5.44. The van der Waals surface area contributed by atoms with Crippen molar-refractivity contribution in [1.29, 1.82) is 0 Å². The van der Waals surface area contributed by atoms with E-state index in [4.69, 9.17) is 9.47 Å². The number of likely N-dealkylation sites (N-methyl/N-ethyl adjacent to an activating group) is 1. The molecule has 1 aliphatic heterocycles. The van der Waals surface area contributed by atoms with Gasteiger partial charge in [-0.25, -0.2) is 0 Å². The molecule has 3 nitrogen and oxygen atoms in total. The highest BCUT2D eigenvalue weighted by Crippen LogP contribution is 2.28. The Labute approximate surface area is 94.4 Å². The Hall–Kier alpha value is -0.420. The molecule has 4 heteroatoms. The zero-order valence-electron chi connectivity index (χ0n) is 9.16. The van der Waals surface area contributed by atoms with Gasteiger partial charge in [0.1, 0.15) is 6.10 Å². The van der Waals surface area contributed by atoms with Crippen molar-refractivity contribution in [1.82, 2.24) is 5.32 Å². The molecule has 0 spiro atoms. The lowest BCUT2D eigenvalue weighted by atomic mass is 10.1. The predicted molar refractivity (Wildman–Crippen MR) is 61.4 cm³/mol. The summed E-state index contributed by atoms with van der Waals surface area (Å²) in [5.74, 6) is 0. The Morgan fingerprint density at radius 1 is 1.53 bits per heavy atom. The first-order chi connectivity index (χ1) is 7.33. The fraction of sp³-hybridized carbons (Fsp3) is 0.636. The van der Waals surface area contributed by atoms with Crippen molar-refractivity contribution in [2.45, 2.75) is 19.1 Å². The van der Waals surface area contributed by atoms with E-state index in [9.17, 15) is 0 Å². The van der Waals surface area contributed by atoms with Gasteiger partial charge in [-0.2, -0.15) is 0 Å². The molecular formula is C11H17NO2S. The molecular weight excluding hydrogens is 210 g/mol. The van der Waals surface area contributed by atoms with Gasteiger partial charge in [-0.15, -0.1) is 11.3 Å². The highest BCUT2D eigenvalue weighted by molar-refractivity contribution is 7.10. The van der Waals surface area contributed by atoms with Crippen LogP contribution in [0.5, 0.6) is 0 Å². The molecule has 0 saturated carbocycles.